The van der Waals surface area contributed by atoms with E-state index in [1.807, 2.05) is 54.6 Å². The van der Waals surface area contributed by atoms with Crippen molar-refractivity contribution in [3.8, 4) is 0 Å². The number of carbonyl (C=O) groups is 2. The fourth-order valence-corrected chi connectivity index (χ4v) is 4.30. The summed E-state index contributed by atoms with van der Waals surface area (Å²) in [7, 11) is 0. The average Bonchev–Trinajstić information content (AvgIpc) is 2.84. The predicted molar refractivity (Wildman–Crippen MR) is 105 cm³/mol. The number of nitrogens with one attached hydrogen (secondary N) is 1. The van der Waals surface area contributed by atoms with Crippen molar-refractivity contribution in [2.75, 3.05) is 0 Å². The number of amides is 2. The molecule has 1 fully saturated rings. The summed E-state index contributed by atoms with van der Waals surface area (Å²) in [6.07, 6.45) is 6.89. The Labute approximate surface area is 160 Å². The monoisotopic (exact) mass is 362 g/mol. The number of benzene rings is 2. The molecule has 4 nitrogen and oxygen atoms in total. The second kappa shape index (κ2) is 7.95. The van der Waals surface area contributed by atoms with Gasteiger partial charge in [-0.1, -0.05) is 74.2 Å². The van der Waals surface area contributed by atoms with Gasteiger partial charge in [-0.2, -0.15) is 0 Å². The van der Waals surface area contributed by atoms with Gasteiger partial charge in [0.25, 0.3) is 5.91 Å². The van der Waals surface area contributed by atoms with Crippen LogP contribution in [0.3, 0.4) is 0 Å². The van der Waals surface area contributed by atoms with Crippen LogP contribution in [-0.2, 0) is 11.3 Å². The highest BCUT2D eigenvalue weighted by molar-refractivity contribution is 6.04. The van der Waals surface area contributed by atoms with Gasteiger partial charge in [0.15, 0.2) is 0 Å². The highest BCUT2D eigenvalue weighted by Crippen LogP contribution is 2.35. The van der Waals surface area contributed by atoms with E-state index in [2.05, 4.69) is 5.32 Å². The molecule has 0 bridgehead atoms. The number of fused-ring (bicyclic) bond motifs is 1. The predicted octanol–water partition coefficient (Wildman–Crippen LogP) is 4.22. The van der Waals surface area contributed by atoms with Crippen LogP contribution >= 0.6 is 0 Å². The van der Waals surface area contributed by atoms with E-state index in [4.69, 9.17) is 0 Å². The van der Waals surface area contributed by atoms with E-state index in [0.29, 0.717) is 12.1 Å². The molecule has 0 aromatic heterocycles. The molecule has 27 heavy (non-hydrogen) atoms. The largest absolute Gasteiger partial charge is 0.351 e. The summed E-state index contributed by atoms with van der Waals surface area (Å²) in [6, 6.07) is 17.1. The minimum absolute atomic E-state index is 0.0452. The molecule has 4 rings (SSSR count). The lowest BCUT2D eigenvalue weighted by Crippen LogP contribution is -2.43. The maximum atomic E-state index is 13.2. The zero-order chi connectivity index (χ0) is 18.6. The van der Waals surface area contributed by atoms with Crippen molar-refractivity contribution in [1.29, 1.82) is 0 Å². The SMILES string of the molecule is O=C(NC1CCCCCC1)[C@H]1c2ccccc2C(=O)N1Cc1ccccc1. The third-order valence-corrected chi connectivity index (χ3v) is 5.70. The van der Waals surface area contributed by atoms with Gasteiger partial charge in [-0.25, -0.2) is 0 Å². The van der Waals surface area contributed by atoms with Gasteiger partial charge in [-0.15, -0.1) is 0 Å². The first-order chi connectivity index (χ1) is 13.2. The Morgan fingerprint density at radius 3 is 2.33 bits per heavy atom. The molecular weight excluding hydrogens is 336 g/mol. The van der Waals surface area contributed by atoms with Crippen molar-refractivity contribution in [3.63, 3.8) is 0 Å². The van der Waals surface area contributed by atoms with Crippen molar-refractivity contribution >= 4 is 11.8 Å². The summed E-state index contributed by atoms with van der Waals surface area (Å²) in [5.74, 6) is -0.105. The van der Waals surface area contributed by atoms with Gasteiger partial charge in [0.2, 0.25) is 5.91 Å². The molecule has 4 heteroatoms. The summed E-state index contributed by atoms with van der Waals surface area (Å²) in [5.41, 5.74) is 2.50. The summed E-state index contributed by atoms with van der Waals surface area (Å²) in [6.45, 7) is 0.442. The lowest BCUT2D eigenvalue weighted by Gasteiger charge is -2.27. The Balaban J connectivity index is 1.59. The second-order valence-electron chi connectivity index (χ2n) is 7.61. The van der Waals surface area contributed by atoms with Crippen molar-refractivity contribution in [1.82, 2.24) is 10.2 Å². The highest BCUT2D eigenvalue weighted by atomic mass is 16.2. The Hall–Kier alpha value is -2.62. The number of hydrogen-bond donors (Lipinski definition) is 1. The minimum atomic E-state index is -0.544. The zero-order valence-electron chi connectivity index (χ0n) is 15.6. The van der Waals surface area contributed by atoms with Crippen LogP contribution in [0.15, 0.2) is 54.6 Å². The van der Waals surface area contributed by atoms with Gasteiger partial charge in [0.05, 0.1) is 0 Å². The van der Waals surface area contributed by atoms with Gasteiger partial charge in [-0.05, 0) is 30.0 Å². The smallest absolute Gasteiger partial charge is 0.255 e. The standard InChI is InChI=1S/C23H26N2O2/c26-22(24-18-12-6-1-2-7-13-18)21-19-14-8-9-15-20(19)23(27)25(21)16-17-10-4-3-5-11-17/h3-5,8-11,14-15,18,21H,1-2,6-7,12-13,16H2,(H,24,26)/t21-/m1/s1. The van der Waals surface area contributed by atoms with Gasteiger partial charge in [0, 0.05) is 18.2 Å². The fourth-order valence-electron chi connectivity index (χ4n) is 4.30. The van der Waals surface area contributed by atoms with Gasteiger partial charge < -0.3 is 10.2 Å². The third kappa shape index (κ3) is 3.75. The molecule has 140 valence electrons. The molecule has 1 saturated carbocycles. The van der Waals surface area contributed by atoms with Crippen molar-refractivity contribution in [2.45, 2.75) is 57.2 Å². The molecule has 0 saturated heterocycles. The Morgan fingerprint density at radius 1 is 0.926 bits per heavy atom. The van der Waals surface area contributed by atoms with Crippen LogP contribution in [0.4, 0.5) is 0 Å². The van der Waals surface area contributed by atoms with Gasteiger partial charge in [-0.3, -0.25) is 9.59 Å². The minimum Gasteiger partial charge on any atom is -0.351 e. The van der Waals surface area contributed by atoms with Gasteiger partial charge in [0.1, 0.15) is 6.04 Å². The lowest BCUT2D eigenvalue weighted by atomic mass is 10.0. The molecule has 0 radical (unpaired) electrons. The van der Waals surface area contributed by atoms with E-state index in [-0.39, 0.29) is 17.9 Å². The number of carbonyl (C=O) groups excluding carboxylic acids is 2. The van der Waals surface area contributed by atoms with E-state index in [9.17, 15) is 9.59 Å². The van der Waals surface area contributed by atoms with Crippen LogP contribution in [0.2, 0.25) is 0 Å². The molecule has 1 aliphatic heterocycles. The first kappa shape index (κ1) is 17.8. The molecule has 1 heterocycles. The molecule has 1 atom stereocenters. The van der Waals surface area contributed by atoms with Crippen LogP contribution in [-0.4, -0.2) is 22.8 Å². The molecule has 2 aromatic carbocycles. The number of hydrogen-bond acceptors (Lipinski definition) is 2. The van der Waals surface area contributed by atoms with Crippen LogP contribution < -0.4 is 5.32 Å². The Bertz CT molecular complexity index is 810. The number of nitrogens with zero attached hydrogens (tertiary/aromatic N) is 1. The first-order valence-corrected chi connectivity index (χ1v) is 9.98. The second-order valence-corrected chi connectivity index (χ2v) is 7.61. The molecule has 1 aliphatic carbocycles. The molecule has 1 N–H and O–H groups in total. The zero-order valence-corrected chi connectivity index (χ0v) is 15.6. The van der Waals surface area contributed by atoms with Crippen molar-refractivity contribution in [3.05, 3.63) is 71.3 Å². The maximum Gasteiger partial charge on any atom is 0.255 e. The summed E-state index contributed by atoms with van der Waals surface area (Å²) in [4.78, 5) is 28.0. The van der Waals surface area contributed by atoms with E-state index in [1.165, 1.54) is 25.7 Å². The van der Waals surface area contributed by atoms with Crippen molar-refractivity contribution < 1.29 is 9.59 Å². The van der Waals surface area contributed by atoms with E-state index in [1.54, 1.807) is 4.90 Å². The third-order valence-electron chi connectivity index (χ3n) is 5.70. The molecule has 0 unspecified atom stereocenters. The summed E-state index contributed by atoms with van der Waals surface area (Å²) < 4.78 is 0. The van der Waals surface area contributed by atoms with Gasteiger partial charge >= 0.3 is 0 Å². The van der Waals surface area contributed by atoms with E-state index < -0.39 is 6.04 Å². The normalized spacial score (nSPS) is 20.2. The quantitative estimate of drug-likeness (QED) is 0.828. The van der Waals surface area contributed by atoms with E-state index in [0.717, 1.165) is 24.0 Å². The summed E-state index contributed by atoms with van der Waals surface area (Å²) >= 11 is 0. The van der Waals surface area contributed by atoms with E-state index >= 15 is 0 Å². The molecule has 2 amide bonds. The molecular formula is C23H26N2O2. The molecule has 2 aromatic rings. The molecule has 0 spiro atoms. The van der Waals surface area contributed by atoms with Crippen molar-refractivity contribution in [2.24, 2.45) is 0 Å². The topological polar surface area (TPSA) is 49.4 Å². The van der Waals surface area contributed by atoms with Crippen LogP contribution in [0.1, 0.15) is 66.1 Å². The highest BCUT2D eigenvalue weighted by Gasteiger charge is 2.41. The maximum absolute atomic E-state index is 13.2. The fraction of sp³-hybridized carbons (Fsp3) is 0.391. The van der Waals surface area contributed by atoms with Crippen LogP contribution in [0, 0.1) is 0 Å². The van der Waals surface area contributed by atoms with Crippen LogP contribution in [0.5, 0.6) is 0 Å². The Morgan fingerprint density at radius 2 is 1.59 bits per heavy atom. The lowest BCUT2D eigenvalue weighted by molar-refractivity contribution is -0.126. The number of rotatable bonds is 4. The average molecular weight is 362 g/mol. The first-order valence-electron chi connectivity index (χ1n) is 9.98. The Kier molecular flexibility index (Phi) is 5.23. The summed E-state index contributed by atoms with van der Waals surface area (Å²) in [5, 5.41) is 3.25. The molecule has 2 aliphatic rings. The van der Waals surface area contributed by atoms with Crippen LogP contribution in [0.25, 0.3) is 0 Å².